The number of fused-ring (bicyclic) bond motifs is 1. The first kappa shape index (κ1) is 13.8. The molecule has 0 radical (unpaired) electrons. The van der Waals surface area contributed by atoms with Crippen LogP contribution in [0.25, 0.3) is 10.8 Å². The minimum atomic E-state index is -0.477. The molecular weight excluding hydrogens is 262 g/mol. The van der Waals surface area contributed by atoms with Gasteiger partial charge in [0.1, 0.15) is 5.75 Å². The molecule has 0 unspecified atom stereocenters. The lowest BCUT2D eigenvalue weighted by atomic mass is 10.1. The molecule has 0 heterocycles. The molecule has 0 N–H and O–H groups in total. The molecule has 6 heteroatoms. The van der Waals surface area contributed by atoms with E-state index >= 15 is 0 Å². The Morgan fingerprint density at radius 3 is 2.55 bits per heavy atom. The number of esters is 1. The molecule has 0 aliphatic heterocycles. The standard InChI is InChI=1S/C14H13NO5/c1-2-19-14(16)9-20-13-8-7-12(15(17)18)10-5-3-4-6-11(10)13/h3-8H,2,9H2,1H3. The minimum Gasteiger partial charge on any atom is -0.481 e. The van der Waals surface area contributed by atoms with Crippen molar-refractivity contribution < 1.29 is 19.2 Å². The van der Waals surface area contributed by atoms with Gasteiger partial charge in [0.05, 0.1) is 16.9 Å². The molecule has 0 spiro atoms. The van der Waals surface area contributed by atoms with Gasteiger partial charge >= 0.3 is 5.97 Å². The van der Waals surface area contributed by atoms with E-state index in [0.29, 0.717) is 16.5 Å². The zero-order valence-corrected chi connectivity index (χ0v) is 10.9. The molecule has 2 aromatic rings. The molecule has 0 bridgehead atoms. The summed E-state index contributed by atoms with van der Waals surface area (Å²) in [7, 11) is 0. The van der Waals surface area contributed by atoms with Crippen LogP contribution in [-0.2, 0) is 9.53 Å². The van der Waals surface area contributed by atoms with Crippen LogP contribution in [0.1, 0.15) is 6.92 Å². The molecule has 6 nitrogen and oxygen atoms in total. The Labute approximate surface area is 115 Å². The van der Waals surface area contributed by atoms with Crippen LogP contribution >= 0.6 is 0 Å². The summed E-state index contributed by atoms with van der Waals surface area (Å²) < 4.78 is 10.1. The van der Waals surface area contributed by atoms with Crippen LogP contribution < -0.4 is 4.74 Å². The second-order valence-electron chi connectivity index (χ2n) is 3.98. The maximum atomic E-state index is 11.3. The molecule has 0 atom stereocenters. The van der Waals surface area contributed by atoms with Crippen molar-refractivity contribution >= 4 is 22.4 Å². The number of benzene rings is 2. The summed E-state index contributed by atoms with van der Waals surface area (Å²) in [5.74, 6) is -0.0609. The highest BCUT2D eigenvalue weighted by atomic mass is 16.6. The Balaban J connectivity index is 2.33. The van der Waals surface area contributed by atoms with E-state index in [9.17, 15) is 14.9 Å². The van der Waals surface area contributed by atoms with Crippen molar-refractivity contribution in [3.8, 4) is 5.75 Å². The van der Waals surface area contributed by atoms with Crippen molar-refractivity contribution in [3.05, 3.63) is 46.5 Å². The van der Waals surface area contributed by atoms with Crippen molar-refractivity contribution in [1.82, 2.24) is 0 Å². The van der Waals surface area contributed by atoms with Crippen LogP contribution in [0.15, 0.2) is 36.4 Å². The van der Waals surface area contributed by atoms with Crippen LogP contribution in [-0.4, -0.2) is 24.1 Å². The fourth-order valence-electron chi connectivity index (χ4n) is 1.88. The molecule has 2 rings (SSSR count). The third kappa shape index (κ3) is 2.85. The molecule has 0 amide bonds. The summed E-state index contributed by atoms with van der Waals surface area (Å²) in [6.07, 6.45) is 0. The maximum Gasteiger partial charge on any atom is 0.344 e. The number of rotatable bonds is 5. The van der Waals surface area contributed by atoms with Gasteiger partial charge in [0.2, 0.25) is 0 Å². The number of nitrogens with zero attached hydrogens (tertiary/aromatic N) is 1. The average molecular weight is 275 g/mol. The number of hydrogen-bond acceptors (Lipinski definition) is 5. The predicted octanol–water partition coefficient (Wildman–Crippen LogP) is 2.69. The molecule has 104 valence electrons. The topological polar surface area (TPSA) is 78.7 Å². The van der Waals surface area contributed by atoms with Gasteiger partial charge in [-0.1, -0.05) is 18.2 Å². The van der Waals surface area contributed by atoms with Crippen LogP contribution in [0, 0.1) is 10.1 Å². The second kappa shape index (κ2) is 6.01. The SMILES string of the molecule is CCOC(=O)COc1ccc([N+](=O)[O-])c2ccccc12. The first-order valence-electron chi connectivity index (χ1n) is 6.08. The summed E-state index contributed by atoms with van der Waals surface area (Å²) in [6, 6.07) is 9.67. The lowest BCUT2D eigenvalue weighted by Crippen LogP contribution is -2.14. The summed E-state index contributed by atoms with van der Waals surface area (Å²) in [5.41, 5.74) is 0.00378. The normalized spacial score (nSPS) is 10.2. The number of non-ortho nitro benzene ring substituents is 1. The Morgan fingerprint density at radius 2 is 1.90 bits per heavy atom. The molecule has 0 aliphatic carbocycles. The highest BCUT2D eigenvalue weighted by Crippen LogP contribution is 2.32. The molecule has 0 aliphatic rings. The number of nitro groups is 1. The lowest BCUT2D eigenvalue weighted by molar-refractivity contribution is -0.383. The van der Waals surface area contributed by atoms with E-state index in [1.165, 1.54) is 12.1 Å². The predicted molar refractivity (Wildman–Crippen MR) is 72.7 cm³/mol. The van der Waals surface area contributed by atoms with Crippen molar-refractivity contribution in [1.29, 1.82) is 0 Å². The average Bonchev–Trinajstić information content (AvgIpc) is 2.44. The van der Waals surface area contributed by atoms with Crippen LogP contribution in [0.2, 0.25) is 0 Å². The summed E-state index contributed by atoms with van der Waals surface area (Å²) in [4.78, 5) is 21.8. The Morgan fingerprint density at radius 1 is 1.20 bits per heavy atom. The molecule has 0 aromatic heterocycles. The van der Waals surface area contributed by atoms with E-state index in [-0.39, 0.29) is 18.9 Å². The van der Waals surface area contributed by atoms with Crippen molar-refractivity contribution in [2.24, 2.45) is 0 Å². The van der Waals surface area contributed by atoms with E-state index in [1.807, 2.05) is 0 Å². The van der Waals surface area contributed by atoms with Gasteiger partial charge in [0.15, 0.2) is 6.61 Å². The first-order chi connectivity index (χ1) is 9.63. The fraction of sp³-hybridized carbons (Fsp3) is 0.214. The minimum absolute atomic E-state index is 0.00378. The van der Waals surface area contributed by atoms with Crippen LogP contribution in [0.3, 0.4) is 0 Å². The van der Waals surface area contributed by atoms with Gasteiger partial charge < -0.3 is 9.47 Å². The Bertz CT molecular complexity index is 653. The number of carbonyl (C=O) groups is 1. The Hall–Kier alpha value is -2.63. The smallest absolute Gasteiger partial charge is 0.344 e. The zero-order valence-electron chi connectivity index (χ0n) is 10.9. The molecule has 0 saturated heterocycles. The lowest BCUT2D eigenvalue weighted by Gasteiger charge is -2.09. The quantitative estimate of drug-likeness (QED) is 0.476. The van der Waals surface area contributed by atoms with Gasteiger partial charge in [0, 0.05) is 11.5 Å². The number of carbonyl (C=O) groups excluding carboxylic acids is 1. The number of nitro benzene ring substituents is 1. The third-order valence-corrected chi connectivity index (χ3v) is 2.71. The van der Waals surface area contributed by atoms with Crippen molar-refractivity contribution in [3.63, 3.8) is 0 Å². The molecule has 2 aromatic carbocycles. The number of ether oxygens (including phenoxy) is 2. The molecular formula is C14H13NO5. The first-order valence-corrected chi connectivity index (χ1v) is 6.08. The van der Waals surface area contributed by atoms with Crippen LogP contribution in [0.4, 0.5) is 5.69 Å². The summed E-state index contributed by atoms with van der Waals surface area (Å²) >= 11 is 0. The second-order valence-corrected chi connectivity index (χ2v) is 3.98. The summed E-state index contributed by atoms with van der Waals surface area (Å²) in [6.45, 7) is 1.76. The molecule has 20 heavy (non-hydrogen) atoms. The highest BCUT2D eigenvalue weighted by molar-refractivity contribution is 5.95. The van der Waals surface area contributed by atoms with Crippen LogP contribution in [0.5, 0.6) is 5.75 Å². The monoisotopic (exact) mass is 275 g/mol. The molecule has 0 saturated carbocycles. The zero-order chi connectivity index (χ0) is 14.5. The van der Waals surface area contributed by atoms with Gasteiger partial charge in [-0.2, -0.15) is 0 Å². The van der Waals surface area contributed by atoms with E-state index in [2.05, 4.69) is 0 Å². The van der Waals surface area contributed by atoms with E-state index < -0.39 is 10.9 Å². The fourth-order valence-corrected chi connectivity index (χ4v) is 1.88. The maximum absolute atomic E-state index is 11.3. The molecule has 0 fully saturated rings. The number of hydrogen-bond donors (Lipinski definition) is 0. The van der Waals surface area contributed by atoms with Gasteiger partial charge in [-0.15, -0.1) is 0 Å². The summed E-state index contributed by atoms with van der Waals surface area (Å²) in [5, 5.41) is 12.0. The van der Waals surface area contributed by atoms with Crippen molar-refractivity contribution in [2.45, 2.75) is 6.92 Å². The van der Waals surface area contributed by atoms with Gasteiger partial charge in [-0.25, -0.2) is 4.79 Å². The van der Waals surface area contributed by atoms with Gasteiger partial charge in [-0.3, -0.25) is 10.1 Å². The van der Waals surface area contributed by atoms with Gasteiger partial charge in [-0.05, 0) is 19.1 Å². The van der Waals surface area contributed by atoms with E-state index in [0.717, 1.165) is 0 Å². The largest absolute Gasteiger partial charge is 0.481 e. The van der Waals surface area contributed by atoms with E-state index in [1.54, 1.807) is 31.2 Å². The third-order valence-electron chi connectivity index (χ3n) is 2.71. The highest BCUT2D eigenvalue weighted by Gasteiger charge is 2.15. The van der Waals surface area contributed by atoms with Gasteiger partial charge in [0.25, 0.3) is 5.69 Å². The van der Waals surface area contributed by atoms with E-state index in [4.69, 9.17) is 9.47 Å². The Kier molecular flexibility index (Phi) is 4.14. The van der Waals surface area contributed by atoms with Crippen molar-refractivity contribution in [2.75, 3.05) is 13.2 Å².